The summed E-state index contributed by atoms with van der Waals surface area (Å²) in [6.07, 6.45) is 1.88. The molecule has 2 heterocycles. The van der Waals surface area contributed by atoms with Crippen LogP contribution in [-0.2, 0) is 20.8 Å². The maximum absolute atomic E-state index is 12.9. The second-order valence-corrected chi connectivity index (χ2v) is 9.14. The van der Waals surface area contributed by atoms with Crippen LogP contribution in [0, 0.1) is 0 Å². The molecule has 0 bridgehead atoms. The summed E-state index contributed by atoms with van der Waals surface area (Å²) in [6, 6.07) is 6.80. The number of hydrogen-bond acceptors (Lipinski definition) is 9. The highest BCUT2D eigenvalue weighted by Crippen LogP contribution is 2.24. The molecule has 3 rings (SSSR count). The summed E-state index contributed by atoms with van der Waals surface area (Å²) in [7, 11) is 0. The second kappa shape index (κ2) is 12.0. The Labute approximate surface area is 201 Å². The first kappa shape index (κ1) is 25.7. The van der Waals surface area contributed by atoms with Crippen LogP contribution in [0.3, 0.4) is 0 Å². The summed E-state index contributed by atoms with van der Waals surface area (Å²) in [6.45, 7) is 0.424. The number of primary amides is 1. The Morgan fingerprint density at radius 1 is 1.29 bits per heavy atom. The number of hydrogen-bond donors (Lipinski definition) is 4. The summed E-state index contributed by atoms with van der Waals surface area (Å²) >= 11 is 1.40. The van der Waals surface area contributed by atoms with E-state index in [1.165, 1.54) is 16.7 Å². The summed E-state index contributed by atoms with van der Waals surface area (Å²) in [5, 5.41) is 10.9. The quantitative estimate of drug-likeness (QED) is 0.191. The van der Waals surface area contributed by atoms with Gasteiger partial charge < -0.3 is 26.5 Å². The number of carbonyl (C=O) groups is 3. The van der Waals surface area contributed by atoms with E-state index in [-0.39, 0.29) is 31.7 Å². The van der Waals surface area contributed by atoms with Crippen LogP contribution in [0.4, 0.5) is 0 Å². The highest BCUT2D eigenvalue weighted by atomic mass is 32.2. The van der Waals surface area contributed by atoms with Gasteiger partial charge in [-0.15, -0.1) is 0 Å². The van der Waals surface area contributed by atoms with E-state index >= 15 is 0 Å². The fourth-order valence-corrected chi connectivity index (χ4v) is 4.50. The number of benzene rings is 1. The fourth-order valence-electron chi connectivity index (χ4n) is 3.77. The molecular weight excluding hydrogens is 460 g/mol. The van der Waals surface area contributed by atoms with Crippen LogP contribution in [0.15, 0.2) is 40.9 Å². The van der Waals surface area contributed by atoms with Crippen molar-refractivity contribution in [1.29, 1.82) is 0 Å². The molecule has 0 spiro atoms. The summed E-state index contributed by atoms with van der Waals surface area (Å²) < 4.78 is 5.72. The molecule has 1 aromatic carbocycles. The number of carbonyl (C=O) groups excluding carboxylic acids is 3. The predicted molar refractivity (Wildman–Crippen MR) is 126 cm³/mol. The Balaban J connectivity index is 1.58. The number of amides is 3. The molecular formula is C22H30N6O5S. The van der Waals surface area contributed by atoms with E-state index in [0.717, 1.165) is 5.56 Å². The zero-order valence-electron chi connectivity index (χ0n) is 18.7. The van der Waals surface area contributed by atoms with Crippen molar-refractivity contribution in [3.8, 4) is 11.3 Å². The average Bonchev–Trinajstić information content (AvgIpc) is 3.50. The zero-order chi connectivity index (χ0) is 24.7. The van der Waals surface area contributed by atoms with Crippen LogP contribution in [0.5, 0.6) is 0 Å². The van der Waals surface area contributed by atoms with Gasteiger partial charge in [-0.2, -0.15) is 11.8 Å². The topological polar surface area (TPSA) is 182 Å². The van der Waals surface area contributed by atoms with Crippen molar-refractivity contribution in [3.05, 3.63) is 42.4 Å². The lowest BCUT2D eigenvalue weighted by molar-refractivity contribution is -0.176. The van der Waals surface area contributed by atoms with E-state index in [0.29, 0.717) is 34.8 Å². The molecule has 3 amide bonds. The smallest absolute Gasteiger partial charge is 0.263 e. The lowest BCUT2D eigenvalue weighted by Gasteiger charge is -2.25. The third kappa shape index (κ3) is 6.35. The number of likely N-dealkylation sites (tertiary alicyclic amines) is 1. The molecule has 1 saturated heterocycles. The molecule has 2 aromatic rings. The van der Waals surface area contributed by atoms with E-state index in [4.69, 9.17) is 21.6 Å². The van der Waals surface area contributed by atoms with Gasteiger partial charge in [0.2, 0.25) is 11.8 Å². The molecule has 0 saturated carbocycles. The van der Waals surface area contributed by atoms with Crippen molar-refractivity contribution in [2.24, 2.45) is 17.2 Å². The monoisotopic (exact) mass is 490 g/mol. The molecule has 0 unspecified atom stereocenters. The second-order valence-electron chi connectivity index (χ2n) is 7.99. The lowest BCUT2D eigenvalue weighted by Crippen LogP contribution is -2.49. The Morgan fingerprint density at radius 2 is 2.03 bits per heavy atom. The minimum Gasteiger partial charge on any atom is -0.441 e. The molecule has 0 radical (unpaired) electrons. The molecule has 184 valence electrons. The van der Waals surface area contributed by atoms with E-state index in [9.17, 15) is 19.6 Å². The van der Waals surface area contributed by atoms with E-state index in [1.54, 1.807) is 6.20 Å². The van der Waals surface area contributed by atoms with Crippen LogP contribution < -0.4 is 17.2 Å². The number of thioether (sulfide) groups is 1. The van der Waals surface area contributed by atoms with Gasteiger partial charge in [-0.05, 0) is 0 Å². The van der Waals surface area contributed by atoms with Gasteiger partial charge in [-0.3, -0.25) is 19.6 Å². The number of nitrogens with zero attached hydrogens (tertiary/aromatic N) is 3. The number of rotatable bonds is 11. The number of nitrogens with two attached hydrogens (primary N) is 3. The Hall–Kier alpha value is -2.93. The maximum Gasteiger partial charge on any atom is 0.263 e. The van der Waals surface area contributed by atoms with Gasteiger partial charge in [0.05, 0.1) is 18.3 Å². The molecule has 1 fully saturated rings. The third-order valence-corrected chi connectivity index (χ3v) is 6.66. The predicted octanol–water partition coefficient (Wildman–Crippen LogP) is -0.0340. The lowest BCUT2D eigenvalue weighted by atomic mass is 10.1. The van der Waals surface area contributed by atoms with Crippen LogP contribution in [0.1, 0.15) is 18.7 Å². The third-order valence-electron chi connectivity index (χ3n) is 5.54. The summed E-state index contributed by atoms with van der Waals surface area (Å²) in [5.74, 6) is 0.173. The normalized spacial score (nSPS) is 18.6. The van der Waals surface area contributed by atoms with Crippen molar-refractivity contribution >= 4 is 29.5 Å². The van der Waals surface area contributed by atoms with Gasteiger partial charge in [0.25, 0.3) is 5.91 Å². The minimum absolute atomic E-state index is 0.0276. The van der Waals surface area contributed by atoms with Gasteiger partial charge >= 0.3 is 0 Å². The molecule has 7 N–H and O–H groups in total. The average molecular weight is 491 g/mol. The number of hydroxylamine groups is 2. The van der Waals surface area contributed by atoms with E-state index < -0.39 is 29.9 Å². The molecule has 11 nitrogen and oxygen atoms in total. The Bertz CT molecular complexity index is 987. The van der Waals surface area contributed by atoms with Gasteiger partial charge in [-0.1, -0.05) is 30.3 Å². The minimum atomic E-state index is -0.938. The zero-order valence-corrected chi connectivity index (χ0v) is 19.5. The summed E-state index contributed by atoms with van der Waals surface area (Å²) in [4.78, 5) is 42.8. The first-order valence-corrected chi connectivity index (χ1v) is 12.1. The number of aromatic nitrogens is 1. The van der Waals surface area contributed by atoms with Crippen molar-refractivity contribution < 1.29 is 24.0 Å². The van der Waals surface area contributed by atoms with Crippen molar-refractivity contribution in [1.82, 2.24) is 14.9 Å². The van der Waals surface area contributed by atoms with E-state index in [1.807, 2.05) is 30.3 Å². The number of oxazole rings is 1. The van der Waals surface area contributed by atoms with Crippen molar-refractivity contribution in [2.75, 3.05) is 24.6 Å². The first-order chi connectivity index (χ1) is 16.3. The van der Waals surface area contributed by atoms with Gasteiger partial charge in [-0.25, -0.2) is 10.0 Å². The maximum atomic E-state index is 12.9. The van der Waals surface area contributed by atoms with Gasteiger partial charge in [0, 0.05) is 49.4 Å². The highest BCUT2D eigenvalue weighted by Gasteiger charge is 2.42. The molecule has 34 heavy (non-hydrogen) atoms. The van der Waals surface area contributed by atoms with Crippen molar-refractivity contribution in [2.45, 2.75) is 37.4 Å². The van der Waals surface area contributed by atoms with Crippen LogP contribution in [0.25, 0.3) is 11.3 Å². The largest absolute Gasteiger partial charge is 0.441 e. The molecule has 1 aliphatic heterocycles. The Kier molecular flexibility index (Phi) is 9.05. The van der Waals surface area contributed by atoms with Crippen LogP contribution >= 0.6 is 11.8 Å². The Morgan fingerprint density at radius 3 is 2.71 bits per heavy atom. The fraction of sp³-hybridized carbons (Fsp3) is 0.455. The molecule has 12 heteroatoms. The van der Waals surface area contributed by atoms with Gasteiger partial charge in [0.15, 0.2) is 11.7 Å². The van der Waals surface area contributed by atoms with Crippen LogP contribution in [-0.4, -0.2) is 80.6 Å². The van der Waals surface area contributed by atoms with Gasteiger partial charge in [0.1, 0.15) is 6.04 Å². The molecule has 0 aliphatic carbocycles. The SMILES string of the molecule is NCCSC[C@H](N)C(=O)N(O)[C@H]1C[C@@H](C(N)=O)N(C(=O)CCc2ncc(-c3ccccc3)o2)C1. The van der Waals surface area contributed by atoms with Crippen molar-refractivity contribution in [3.63, 3.8) is 0 Å². The molecule has 3 atom stereocenters. The highest BCUT2D eigenvalue weighted by molar-refractivity contribution is 7.99. The molecule has 1 aromatic heterocycles. The van der Waals surface area contributed by atoms with Crippen LogP contribution in [0.2, 0.25) is 0 Å². The standard InChI is InChI=1S/C22H30N6O5S/c23-8-9-34-13-16(24)22(31)28(32)15-10-17(21(25)30)27(12-15)20(29)7-6-19-26-11-18(33-19)14-4-2-1-3-5-14/h1-5,11,15-17,32H,6-10,12-13,23-24H2,(H2,25,30)/t15-,16-,17-/m0/s1. The molecule has 1 aliphatic rings. The van der Waals surface area contributed by atoms with E-state index in [2.05, 4.69) is 4.98 Å². The summed E-state index contributed by atoms with van der Waals surface area (Å²) in [5.41, 5.74) is 17.7. The first-order valence-electron chi connectivity index (χ1n) is 11.0. The number of aryl methyl sites for hydroxylation is 1.